The van der Waals surface area contributed by atoms with E-state index in [1.54, 1.807) is 13.2 Å². The summed E-state index contributed by atoms with van der Waals surface area (Å²) in [6.07, 6.45) is 0.434. The van der Waals surface area contributed by atoms with Gasteiger partial charge in [-0.15, -0.1) is 0 Å². The number of carbonyl (C=O) groups excluding carboxylic acids is 2. The van der Waals surface area contributed by atoms with Gasteiger partial charge in [0.05, 0.1) is 12.6 Å². The van der Waals surface area contributed by atoms with Gasteiger partial charge < -0.3 is 24.8 Å². The molecular weight excluding hydrogens is 464 g/mol. The van der Waals surface area contributed by atoms with Crippen LogP contribution < -0.4 is 10.1 Å². The lowest BCUT2D eigenvalue weighted by Gasteiger charge is -2.21. The van der Waals surface area contributed by atoms with Crippen LogP contribution in [0.2, 0.25) is 5.02 Å². The number of para-hydroxylation sites is 1. The Bertz CT molecular complexity index is 1270. The van der Waals surface area contributed by atoms with E-state index in [2.05, 4.69) is 15.2 Å². The molecule has 2 aliphatic heterocycles. The molecule has 0 spiro atoms. The number of methoxy groups -OCH3 is 1. The van der Waals surface area contributed by atoms with E-state index in [0.717, 1.165) is 59.6 Å². The molecule has 2 amide bonds. The van der Waals surface area contributed by atoms with Gasteiger partial charge in [0, 0.05) is 55.2 Å². The van der Waals surface area contributed by atoms with Gasteiger partial charge in [0.25, 0.3) is 5.91 Å². The molecule has 35 heavy (non-hydrogen) atoms. The molecule has 1 aromatic heterocycles. The first-order valence-electron chi connectivity index (χ1n) is 12.1. The highest BCUT2D eigenvalue weighted by molar-refractivity contribution is 6.31. The van der Waals surface area contributed by atoms with Crippen molar-refractivity contribution >= 4 is 40.0 Å². The number of hydrogen-bond acceptors (Lipinski definition) is 4. The van der Waals surface area contributed by atoms with E-state index in [1.807, 2.05) is 49.1 Å². The van der Waals surface area contributed by atoms with Crippen LogP contribution in [0.1, 0.15) is 28.0 Å². The molecule has 2 aromatic carbocycles. The van der Waals surface area contributed by atoms with Gasteiger partial charge in [-0.05, 0) is 55.0 Å². The number of rotatable bonds is 6. The molecule has 2 fully saturated rings. The van der Waals surface area contributed by atoms with Crippen molar-refractivity contribution in [3.8, 4) is 5.75 Å². The number of H-pyrrole nitrogens is 1. The number of aromatic amines is 1. The zero-order valence-electron chi connectivity index (χ0n) is 20.4. The van der Waals surface area contributed by atoms with Crippen molar-refractivity contribution in [2.45, 2.75) is 20.3 Å². The Morgan fingerprint density at radius 1 is 1.11 bits per heavy atom. The van der Waals surface area contributed by atoms with Gasteiger partial charge in [-0.2, -0.15) is 0 Å². The van der Waals surface area contributed by atoms with Gasteiger partial charge >= 0.3 is 0 Å². The Balaban J connectivity index is 1.15. The number of nitrogens with one attached hydrogen (secondary N) is 2. The van der Waals surface area contributed by atoms with E-state index in [-0.39, 0.29) is 11.8 Å². The third kappa shape index (κ3) is 4.62. The van der Waals surface area contributed by atoms with E-state index >= 15 is 0 Å². The van der Waals surface area contributed by atoms with E-state index in [4.69, 9.17) is 16.3 Å². The summed E-state index contributed by atoms with van der Waals surface area (Å²) in [7, 11) is 1.64. The molecule has 5 rings (SSSR count). The van der Waals surface area contributed by atoms with Crippen LogP contribution in [0.3, 0.4) is 0 Å². The zero-order chi connectivity index (χ0) is 24.7. The molecule has 2 atom stereocenters. The second-order valence-electron chi connectivity index (χ2n) is 9.76. The lowest BCUT2D eigenvalue weighted by atomic mass is 10.0. The fraction of sp³-hybridized carbons (Fsp3) is 0.407. The molecule has 0 radical (unpaired) electrons. The summed E-state index contributed by atoms with van der Waals surface area (Å²) in [5.41, 5.74) is 4.19. The molecule has 2 aliphatic rings. The smallest absolute Gasteiger partial charge is 0.270 e. The van der Waals surface area contributed by atoms with Crippen LogP contribution >= 0.6 is 11.6 Å². The first-order chi connectivity index (χ1) is 16.8. The van der Waals surface area contributed by atoms with Crippen LogP contribution in [-0.2, 0) is 4.79 Å². The maximum atomic E-state index is 13.4. The average Bonchev–Trinajstić information content (AvgIpc) is 3.51. The van der Waals surface area contributed by atoms with Crippen molar-refractivity contribution < 1.29 is 14.3 Å². The third-order valence-corrected chi connectivity index (χ3v) is 7.86. The minimum absolute atomic E-state index is 0.0107. The maximum absolute atomic E-state index is 13.4. The summed E-state index contributed by atoms with van der Waals surface area (Å²) in [6, 6.07) is 11.4. The standard InChI is InChI=1S/C27H31ClN4O3/c1-16-7-8-20(11-22(16)28)29-24(33)9-10-31-12-18-14-32(15-19(18)13-31)27(34)25-17(2)21-5-4-6-23(35-3)26(21)30-25/h4-8,11,18-19,30H,9-10,12-15H2,1-3H3,(H,29,33). The summed E-state index contributed by atoms with van der Waals surface area (Å²) < 4.78 is 5.46. The Hall–Kier alpha value is -3.03. The van der Waals surface area contributed by atoms with E-state index in [9.17, 15) is 9.59 Å². The molecule has 2 unspecified atom stereocenters. The molecule has 2 N–H and O–H groups in total. The molecule has 0 aliphatic carbocycles. The largest absolute Gasteiger partial charge is 0.495 e. The topological polar surface area (TPSA) is 77.7 Å². The predicted octanol–water partition coefficient (Wildman–Crippen LogP) is 4.48. The highest BCUT2D eigenvalue weighted by Gasteiger charge is 2.42. The van der Waals surface area contributed by atoms with Crippen molar-refractivity contribution in [1.29, 1.82) is 0 Å². The highest BCUT2D eigenvalue weighted by atomic mass is 35.5. The number of carbonyl (C=O) groups is 2. The third-order valence-electron chi connectivity index (χ3n) is 7.45. The number of hydrogen-bond donors (Lipinski definition) is 2. The number of ether oxygens (including phenoxy) is 1. The number of benzene rings is 2. The Kier molecular flexibility index (Phi) is 6.47. The molecule has 184 valence electrons. The number of fused-ring (bicyclic) bond motifs is 2. The molecular formula is C27H31ClN4O3. The highest BCUT2D eigenvalue weighted by Crippen LogP contribution is 2.34. The molecule has 3 heterocycles. The molecule has 0 saturated carbocycles. The molecule has 0 bridgehead atoms. The van der Waals surface area contributed by atoms with Crippen molar-refractivity contribution in [2.24, 2.45) is 11.8 Å². The maximum Gasteiger partial charge on any atom is 0.270 e. The Morgan fingerprint density at radius 2 is 1.86 bits per heavy atom. The van der Waals surface area contributed by atoms with Crippen molar-refractivity contribution in [1.82, 2.24) is 14.8 Å². The number of halogens is 1. The zero-order valence-corrected chi connectivity index (χ0v) is 21.1. The fourth-order valence-corrected chi connectivity index (χ4v) is 5.64. The van der Waals surface area contributed by atoms with E-state index in [0.29, 0.717) is 35.5 Å². The summed E-state index contributed by atoms with van der Waals surface area (Å²) >= 11 is 6.15. The van der Waals surface area contributed by atoms with Gasteiger partial charge in [0.2, 0.25) is 5.91 Å². The summed E-state index contributed by atoms with van der Waals surface area (Å²) in [4.78, 5) is 33.4. The Labute approximate surface area is 210 Å². The van der Waals surface area contributed by atoms with Crippen LogP contribution in [0, 0.1) is 25.7 Å². The lowest BCUT2D eigenvalue weighted by molar-refractivity contribution is -0.116. The van der Waals surface area contributed by atoms with Crippen molar-refractivity contribution in [2.75, 3.05) is 45.2 Å². The normalized spacial score (nSPS) is 19.8. The quantitative estimate of drug-likeness (QED) is 0.529. The van der Waals surface area contributed by atoms with Gasteiger partial charge in [0.1, 0.15) is 11.4 Å². The number of anilines is 1. The molecule has 8 heteroatoms. The van der Waals surface area contributed by atoms with Crippen LogP contribution in [0.25, 0.3) is 10.9 Å². The number of aromatic nitrogens is 1. The van der Waals surface area contributed by atoms with Gasteiger partial charge in [-0.25, -0.2) is 0 Å². The summed E-state index contributed by atoms with van der Waals surface area (Å²) in [5.74, 6) is 1.67. The van der Waals surface area contributed by atoms with Crippen LogP contribution in [0.4, 0.5) is 5.69 Å². The van der Waals surface area contributed by atoms with Gasteiger partial charge in [-0.1, -0.05) is 29.8 Å². The minimum Gasteiger partial charge on any atom is -0.495 e. The van der Waals surface area contributed by atoms with E-state index < -0.39 is 0 Å². The molecule has 7 nitrogen and oxygen atoms in total. The SMILES string of the molecule is COc1cccc2c(C)c(C(=O)N3CC4CN(CCC(=O)Nc5ccc(C)c(Cl)c5)CC4C3)[nH]c12. The summed E-state index contributed by atoms with van der Waals surface area (Å²) in [6.45, 7) is 7.97. The molecule has 3 aromatic rings. The Morgan fingerprint density at radius 3 is 2.54 bits per heavy atom. The van der Waals surface area contributed by atoms with Crippen LogP contribution in [-0.4, -0.2) is 66.4 Å². The number of aryl methyl sites for hydroxylation is 2. The van der Waals surface area contributed by atoms with E-state index in [1.165, 1.54) is 0 Å². The van der Waals surface area contributed by atoms with Crippen molar-refractivity contribution in [3.05, 3.63) is 58.2 Å². The second kappa shape index (κ2) is 9.55. The number of amides is 2. The average molecular weight is 495 g/mol. The lowest BCUT2D eigenvalue weighted by Crippen LogP contribution is -2.34. The molecule has 2 saturated heterocycles. The minimum atomic E-state index is -0.0107. The predicted molar refractivity (Wildman–Crippen MR) is 138 cm³/mol. The van der Waals surface area contributed by atoms with Crippen LogP contribution in [0.15, 0.2) is 36.4 Å². The first kappa shape index (κ1) is 23.7. The fourth-order valence-electron chi connectivity index (χ4n) is 5.46. The number of likely N-dealkylation sites (tertiary alicyclic amines) is 2. The monoisotopic (exact) mass is 494 g/mol. The van der Waals surface area contributed by atoms with Crippen LogP contribution in [0.5, 0.6) is 5.75 Å². The number of nitrogens with zero attached hydrogens (tertiary/aromatic N) is 2. The first-order valence-corrected chi connectivity index (χ1v) is 12.4. The van der Waals surface area contributed by atoms with Crippen molar-refractivity contribution in [3.63, 3.8) is 0 Å². The van der Waals surface area contributed by atoms with Gasteiger partial charge in [0.15, 0.2) is 0 Å². The van der Waals surface area contributed by atoms with Gasteiger partial charge in [-0.3, -0.25) is 9.59 Å². The second-order valence-corrected chi connectivity index (χ2v) is 10.2. The summed E-state index contributed by atoms with van der Waals surface area (Å²) in [5, 5.41) is 4.60.